The Hall–Kier alpha value is -2.44. The fourth-order valence-corrected chi connectivity index (χ4v) is 2.99. The number of amides is 2. The highest BCUT2D eigenvalue weighted by atomic mass is 19.1. The van der Waals surface area contributed by atoms with Gasteiger partial charge in [-0.05, 0) is 25.8 Å². The van der Waals surface area contributed by atoms with Crippen LogP contribution in [-0.2, 0) is 24.5 Å². The number of alkyl carbamates (subject to hydrolysis) is 1. The third-order valence-electron chi connectivity index (χ3n) is 4.30. The van der Waals surface area contributed by atoms with Gasteiger partial charge in [-0.25, -0.2) is 9.18 Å². The molecular formula is C17H20FNO5. The molecule has 0 aromatic heterocycles. The molecule has 1 aliphatic carbocycles. The van der Waals surface area contributed by atoms with Crippen molar-refractivity contribution in [3.8, 4) is 0 Å². The minimum Gasteiger partial charge on any atom is -0.453 e. The van der Waals surface area contributed by atoms with Crippen LogP contribution in [0.15, 0.2) is 24.3 Å². The molecule has 0 saturated heterocycles. The predicted molar refractivity (Wildman–Crippen MR) is 82.6 cm³/mol. The molecule has 1 fully saturated rings. The second-order valence-electron chi connectivity index (χ2n) is 5.80. The summed E-state index contributed by atoms with van der Waals surface area (Å²) in [7, 11) is 1.12. The summed E-state index contributed by atoms with van der Waals surface area (Å²) >= 11 is 0. The van der Waals surface area contributed by atoms with E-state index in [1.54, 1.807) is 18.2 Å². The summed E-state index contributed by atoms with van der Waals surface area (Å²) in [5, 5.41) is 1.94. The lowest BCUT2D eigenvalue weighted by molar-refractivity contribution is -0.160. The van der Waals surface area contributed by atoms with E-state index in [2.05, 4.69) is 4.74 Å². The number of rotatable bonds is 4. The van der Waals surface area contributed by atoms with Gasteiger partial charge in [0.05, 0.1) is 12.5 Å². The molecule has 1 saturated carbocycles. The van der Waals surface area contributed by atoms with Gasteiger partial charge in [-0.2, -0.15) is 0 Å². The summed E-state index contributed by atoms with van der Waals surface area (Å²) in [6.07, 6.45) is 0.322. The highest BCUT2D eigenvalue weighted by molar-refractivity contribution is 5.95. The molecule has 130 valence electrons. The number of esters is 1. The van der Waals surface area contributed by atoms with Crippen molar-refractivity contribution in [2.75, 3.05) is 7.11 Å². The van der Waals surface area contributed by atoms with Crippen LogP contribution in [0.2, 0.25) is 0 Å². The van der Waals surface area contributed by atoms with E-state index in [4.69, 9.17) is 4.74 Å². The third kappa shape index (κ3) is 3.55. The molecule has 0 radical (unpaired) electrons. The number of imide groups is 1. The molecule has 2 rings (SSSR count). The number of halogens is 1. The number of ether oxygens (including phenoxy) is 2. The van der Waals surface area contributed by atoms with E-state index < -0.39 is 35.3 Å². The Kier molecular flexibility index (Phi) is 5.54. The van der Waals surface area contributed by atoms with Crippen LogP contribution in [0.25, 0.3) is 0 Å². The summed E-state index contributed by atoms with van der Waals surface area (Å²) in [4.78, 5) is 35.6. The summed E-state index contributed by atoms with van der Waals surface area (Å²) in [5.74, 6) is -1.92. The number of hydrogen-bond acceptors (Lipinski definition) is 5. The standard InChI is InChI=1S/C17H20FNO5/c1-11(14(20)19-16(22)23-2)24-15(21)17(9-5-6-10-17)12-7-3-4-8-13(12)18/h3-4,7-8,11H,5-6,9-10H2,1-2H3,(H,19,20,22)/t11-/m1/s1. The van der Waals surface area contributed by atoms with E-state index in [0.717, 1.165) is 20.0 Å². The van der Waals surface area contributed by atoms with Gasteiger partial charge in [-0.1, -0.05) is 31.0 Å². The number of carbonyl (C=O) groups is 3. The van der Waals surface area contributed by atoms with Gasteiger partial charge in [0.15, 0.2) is 6.10 Å². The smallest absolute Gasteiger partial charge is 0.413 e. The summed E-state index contributed by atoms with van der Waals surface area (Å²) in [6.45, 7) is 1.35. The van der Waals surface area contributed by atoms with Crippen LogP contribution in [-0.4, -0.2) is 31.2 Å². The Bertz CT molecular complexity index is 640. The molecule has 1 atom stereocenters. The number of benzene rings is 1. The van der Waals surface area contributed by atoms with Gasteiger partial charge in [0.1, 0.15) is 5.82 Å². The van der Waals surface area contributed by atoms with Crippen LogP contribution in [0, 0.1) is 5.82 Å². The molecule has 7 heteroatoms. The zero-order valence-corrected chi connectivity index (χ0v) is 13.6. The molecule has 0 bridgehead atoms. The van der Waals surface area contributed by atoms with Crippen LogP contribution in [0.4, 0.5) is 9.18 Å². The molecule has 1 aromatic rings. The molecule has 6 nitrogen and oxygen atoms in total. The van der Waals surface area contributed by atoms with Crippen molar-refractivity contribution in [1.29, 1.82) is 0 Å². The lowest BCUT2D eigenvalue weighted by Gasteiger charge is -2.28. The molecule has 24 heavy (non-hydrogen) atoms. The summed E-state index contributed by atoms with van der Waals surface area (Å²) < 4.78 is 23.8. The molecule has 0 heterocycles. The quantitative estimate of drug-likeness (QED) is 0.854. The van der Waals surface area contributed by atoms with Gasteiger partial charge in [0, 0.05) is 5.56 Å². The maximum atomic E-state index is 14.2. The predicted octanol–water partition coefficient (Wildman–Crippen LogP) is 2.45. The number of hydrogen-bond donors (Lipinski definition) is 1. The van der Waals surface area contributed by atoms with Crippen molar-refractivity contribution in [2.24, 2.45) is 0 Å². The topological polar surface area (TPSA) is 81.7 Å². The lowest BCUT2D eigenvalue weighted by Crippen LogP contribution is -2.43. The van der Waals surface area contributed by atoms with Crippen molar-refractivity contribution in [3.63, 3.8) is 0 Å². The Balaban J connectivity index is 2.17. The van der Waals surface area contributed by atoms with Crippen molar-refractivity contribution in [2.45, 2.75) is 44.1 Å². The van der Waals surface area contributed by atoms with E-state index in [9.17, 15) is 18.8 Å². The Morgan fingerprint density at radius 1 is 1.21 bits per heavy atom. The maximum Gasteiger partial charge on any atom is 0.413 e. The highest BCUT2D eigenvalue weighted by Gasteiger charge is 2.46. The zero-order valence-electron chi connectivity index (χ0n) is 13.6. The molecule has 0 aliphatic heterocycles. The first kappa shape index (κ1) is 17.9. The van der Waals surface area contributed by atoms with Crippen molar-refractivity contribution in [1.82, 2.24) is 5.32 Å². The number of nitrogens with one attached hydrogen (secondary N) is 1. The molecule has 1 aliphatic rings. The first-order chi connectivity index (χ1) is 11.4. The normalized spacial score (nSPS) is 17.0. The first-order valence-electron chi connectivity index (χ1n) is 7.75. The molecule has 1 N–H and O–H groups in total. The number of carbonyl (C=O) groups excluding carboxylic acids is 3. The zero-order chi connectivity index (χ0) is 17.7. The minimum atomic E-state index is -1.19. The minimum absolute atomic E-state index is 0.285. The van der Waals surface area contributed by atoms with Crippen LogP contribution in [0.1, 0.15) is 38.2 Å². The van der Waals surface area contributed by atoms with E-state index >= 15 is 0 Å². The fourth-order valence-electron chi connectivity index (χ4n) is 2.99. The third-order valence-corrected chi connectivity index (χ3v) is 4.30. The van der Waals surface area contributed by atoms with Gasteiger partial charge in [-0.3, -0.25) is 14.9 Å². The monoisotopic (exact) mass is 337 g/mol. The van der Waals surface area contributed by atoms with Crippen molar-refractivity contribution >= 4 is 18.0 Å². The SMILES string of the molecule is COC(=O)NC(=O)[C@@H](C)OC(=O)C1(c2ccccc2F)CCCC1. The Morgan fingerprint density at radius 3 is 2.42 bits per heavy atom. The largest absolute Gasteiger partial charge is 0.453 e. The van der Waals surface area contributed by atoms with Crippen molar-refractivity contribution in [3.05, 3.63) is 35.6 Å². The van der Waals surface area contributed by atoms with Gasteiger partial charge < -0.3 is 9.47 Å². The summed E-state index contributed by atoms with van der Waals surface area (Å²) in [6, 6.07) is 6.09. The van der Waals surface area contributed by atoms with E-state index in [1.165, 1.54) is 13.0 Å². The van der Waals surface area contributed by atoms with Gasteiger partial charge in [-0.15, -0.1) is 0 Å². The van der Waals surface area contributed by atoms with E-state index in [1.807, 2.05) is 5.32 Å². The van der Waals surface area contributed by atoms with E-state index in [0.29, 0.717) is 12.8 Å². The molecule has 0 spiro atoms. The Morgan fingerprint density at radius 2 is 1.83 bits per heavy atom. The maximum absolute atomic E-state index is 14.2. The van der Waals surface area contributed by atoms with Gasteiger partial charge >= 0.3 is 12.1 Å². The highest BCUT2D eigenvalue weighted by Crippen LogP contribution is 2.43. The first-order valence-corrected chi connectivity index (χ1v) is 7.75. The van der Waals surface area contributed by atoms with Crippen LogP contribution in [0.3, 0.4) is 0 Å². The van der Waals surface area contributed by atoms with Crippen LogP contribution in [0.5, 0.6) is 0 Å². The second-order valence-corrected chi connectivity index (χ2v) is 5.80. The molecule has 1 aromatic carbocycles. The molecule has 0 unspecified atom stereocenters. The van der Waals surface area contributed by atoms with Gasteiger partial charge in [0.25, 0.3) is 5.91 Å². The van der Waals surface area contributed by atoms with Gasteiger partial charge in [0.2, 0.25) is 0 Å². The molecular weight excluding hydrogens is 317 g/mol. The summed E-state index contributed by atoms with van der Waals surface area (Å²) in [5.41, 5.74) is -0.807. The number of methoxy groups -OCH3 is 1. The second kappa shape index (κ2) is 7.42. The lowest BCUT2D eigenvalue weighted by atomic mass is 9.78. The van der Waals surface area contributed by atoms with Crippen LogP contribution >= 0.6 is 0 Å². The average Bonchev–Trinajstić information content (AvgIpc) is 3.05. The van der Waals surface area contributed by atoms with E-state index in [-0.39, 0.29) is 5.56 Å². The van der Waals surface area contributed by atoms with Crippen LogP contribution < -0.4 is 5.32 Å². The molecule has 2 amide bonds. The fraction of sp³-hybridized carbons (Fsp3) is 0.471. The Labute approximate surface area is 139 Å². The van der Waals surface area contributed by atoms with Crippen molar-refractivity contribution < 1.29 is 28.2 Å². The average molecular weight is 337 g/mol.